The summed E-state index contributed by atoms with van der Waals surface area (Å²) in [5.41, 5.74) is 7.30. The van der Waals surface area contributed by atoms with Gasteiger partial charge in [-0.05, 0) is 44.2 Å². The number of nitrogens with zero attached hydrogens (tertiary/aromatic N) is 4. The predicted molar refractivity (Wildman–Crippen MR) is 79.1 cm³/mol. The molecule has 112 valence electrons. The summed E-state index contributed by atoms with van der Waals surface area (Å²) < 4.78 is 1.85. The van der Waals surface area contributed by atoms with Crippen molar-refractivity contribution in [1.29, 1.82) is 0 Å². The molecular formula is C15H27N5. The topological polar surface area (TPSA) is 60.0 Å². The Labute approximate surface area is 121 Å². The standard InChI is InChI=1S/C15H27N5/c16-8-11-20-13-14(17-18-20)12-19-9-6-15(7-10-19)4-2-1-3-5-15/h13H,1-12,16H2. The van der Waals surface area contributed by atoms with Crippen molar-refractivity contribution in [2.75, 3.05) is 19.6 Å². The van der Waals surface area contributed by atoms with Crippen molar-refractivity contribution in [3.05, 3.63) is 11.9 Å². The van der Waals surface area contributed by atoms with E-state index < -0.39 is 0 Å². The Morgan fingerprint density at radius 2 is 1.85 bits per heavy atom. The van der Waals surface area contributed by atoms with Gasteiger partial charge in [0.15, 0.2) is 0 Å². The zero-order chi connectivity index (χ0) is 13.8. The first-order valence-electron chi connectivity index (χ1n) is 8.11. The monoisotopic (exact) mass is 277 g/mol. The van der Waals surface area contributed by atoms with Crippen molar-refractivity contribution in [2.45, 2.75) is 58.0 Å². The highest BCUT2D eigenvalue weighted by molar-refractivity contribution is 4.95. The molecule has 2 aliphatic rings. The van der Waals surface area contributed by atoms with Crippen LogP contribution in [0.3, 0.4) is 0 Å². The van der Waals surface area contributed by atoms with E-state index in [4.69, 9.17) is 5.73 Å². The third-order valence-corrected chi connectivity index (χ3v) is 5.16. The number of piperidine rings is 1. The van der Waals surface area contributed by atoms with E-state index in [-0.39, 0.29) is 0 Å². The first-order valence-corrected chi connectivity index (χ1v) is 8.11. The molecular weight excluding hydrogens is 250 g/mol. The summed E-state index contributed by atoms with van der Waals surface area (Å²) in [4.78, 5) is 2.54. The molecule has 2 N–H and O–H groups in total. The summed E-state index contributed by atoms with van der Waals surface area (Å²) in [6.07, 6.45) is 12.1. The van der Waals surface area contributed by atoms with Crippen LogP contribution in [0.15, 0.2) is 6.20 Å². The molecule has 0 unspecified atom stereocenters. The Kier molecular flexibility index (Phi) is 4.36. The average molecular weight is 277 g/mol. The molecule has 0 radical (unpaired) electrons. The summed E-state index contributed by atoms with van der Waals surface area (Å²) in [7, 11) is 0. The molecule has 5 nitrogen and oxygen atoms in total. The van der Waals surface area contributed by atoms with Gasteiger partial charge in [-0.1, -0.05) is 24.5 Å². The summed E-state index contributed by atoms with van der Waals surface area (Å²) >= 11 is 0. The molecule has 1 saturated heterocycles. The van der Waals surface area contributed by atoms with E-state index in [1.807, 2.05) is 10.9 Å². The lowest BCUT2D eigenvalue weighted by Crippen LogP contribution is -2.40. The molecule has 2 heterocycles. The maximum atomic E-state index is 5.53. The summed E-state index contributed by atoms with van der Waals surface area (Å²) in [6, 6.07) is 0. The molecule has 0 amide bonds. The van der Waals surface area contributed by atoms with Crippen molar-refractivity contribution in [1.82, 2.24) is 19.9 Å². The van der Waals surface area contributed by atoms with Crippen LogP contribution in [0.25, 0.3) is 0 Å². The van der Waals surface area contributed by atoms with Crippen LogP contribution < -0.4 is 5.73 Å². The van der Waals surface area contributed by atoms with Gasteiger partial charge in [0.25, 0.3) is 0 Å². The summed E-state index contributed by atoms with van der Waals surface area (Å²) in [6.45, 7) is 4.78. The quantitative estimate of drug-likeness (QED) is 0.911. The molecule has 20 heavy (non-hydrogen) atoms. The van der Waals surface area contributed by atoms with Gasteiger partial charge in [0.1, 0.15) is 0 Å². The van der Waals surface area contributed by atoms with Gasteiger partial charge in [0.2, 0.25) is 0 Å². The van der Waals surface area contributed by atoms with Crippen LogP contribution in [0.1, 0.15) is 50.6 Å². The van der Waals surface area contributed by atoms with Gasteiger partial charge in [-0.3, -0.25) is 9.58 Å². The van der Waals surface area contributed by atoms with Gasteiger partial charge in [-0.25, -0.2) is 0 Å². The van der Waals surface area contributed by atoms with Gasteiger partial charge in [0, 0.05) is 19.3 Å². The van der Waals surface area contributed by atoms with Crippen molar-refractivity contribution < 1.29 is 0 Å². The van der Waals surface area contributed by atoms with E-state index in [2.05, 4.69) is 15.2 Å². The van der Waals surface area contributed by atoms with E-state index in [1.165, 1.54) is 58.0 Å². The molecule has 1 spiro atoms. The van der Waals surface area contributed by atoms with E-state index in [9.17, 15) is 0 Å². The molecule has 0 bridgehead atoms. The summed E-state index contributed by atoms with van der Waals surface area (Å²) in [5.74, 6) is 0. The lowest BCUT2D eigenvalue weighted by molar-refractivity contribution is 0.0635. The first-order chi connectivity index (χ1) is 9.80. The third-order valence-electron chi connectivity index (χ3n) is 5.16. The highest BCUT2D eigenvalue weighted by Crippen LogP contribution is 2.44. The minimum absolute atomic E-state index is 0.620. The summed E-state index contributed by atoms with van der Waals surface area (Å²) in [5, 5.41) is 8.36. The van der Waals surface area contributed by atoms with E-state index in [0.717, 1.165) is 18.8 Å². The SMILES string of the molecule is NCCn1cc(CN2CCC3(CCCCC3)CC2)nn1. The Morgan fingerprint density at radius 3 is 2.55 bits per heavy atom. The number of nitrogens with two attached hydrogens (primary N) is 1. The number of rotatable bonds is 4. The highest BCUT2D eigenvalue weighted by atomic mass is 15.4. The second-order valence-electron chi connectivity index (χ2n) is 6.60. The lowest BCUT2D eigenvalue weighted by Gasteiger charge is -2.44. The zero-order valence-corrected chi connectivity index (χ0v) is 12.4. The molecule has 1 aliphatic heterocycles. The van der Waals surface area contributed by atoms with E-state index >= 15 is 0 Å². The first kappa shape index (κ1) is 14.0. The van der Waals surface area contributed by atoms with Gasteiger partial charge in [0.05, 0.1) is 12.2 Å². The van der Waals surface area contributed by atoms with Crippen molar-refractivity contribution in [2.24, 2.45) is 11.1 Å². The molecule has 3 rings (SSSR count). The van der Waals surface area contributed by atoms with Crippen LogP contribution in [0.4, 0.5) is 0 Å². The number of hydrogen-bond donors (Lipinski definition) is 1. The Bertz CT molecular complexity index is 412. The molecule has 0 aromatic carbocycles. The normalized spacial score (nSPS) is 23.2. The molecule has 0 atom stereocenters. The molecule has 1 aliphatic carbocycles. The van der Waals surface area contributed by atoms with E-state index in [0.29, 0.717) is 12.0 Å². The Balaban J connectivity index is 1.50. The maximum Gasteiger partial charge on any atom is 0.0967 e. The van der Waals surface area contributed by atoms with Crippen molar-refractivity contribution in [3.63, 3.8) is 0 Å². The fourth-order valence-corrected chi connectivity index (χ4v) is 3.87. The fraction of sp³-hybridized carbons (Fsp3) is 0.867. The number of hydrogen-bond acceptors (Lipinski definition) is 4. The average Bonchev–Trinajstić information content (AvgIpc) is 2.91. The highest BCUT2D eigenvalue weighted by Gasteiger charge is 2.35. The van der Waals surface area contributed by atoms with E-state index in [1.54, 1.807) is 0 Å². The number of aromatic nitrogens is 3. The van der Waals surface area contributed by atoms with Crippen LogP contribution in [-0.4, -0.2) is 39.5 Å². The molecule has 1 saturated carbocycles. The molecule has 5 heteroatoms. The van der Waals surface area contributed by atoms with Crippen LogP contribution in [0, 0.1) is 5.41 Å². The van der Waals surface area contributed by atoms with Crippen LogP contribution >= 0.6 is 0 Å². The van der Waals surface area contributed by atoms with Gasteiger partial charge in [-0.2, -0.15) is 0 Å². The van der Waals surface area contributed by atoms with Gasteiger partial charge in [-0.15, -0.1) is 5.10 Å². The molecule has 1 aromatic rings. The van der Waals surface area contributed by atoms with Gasteiger partial charge >= 0.3 is 0 Å². The zero-order valence-electron chi connectivity index (χ0n) is 12.4. The maximum absolute atomic E-state index is 5.53. The van der Waals surface area contributed by atoms with Crippen molar-refractivity contribution in [3.8, 4) is 0 Å². The van der Waals surface area contributed by atoms with Gasteiger partial charge < -0.3 is 5.73 Å². The molecule has 2 fully saturated rings. The molecule has 1 aromatic heterocycles. The number of likely N-dealkylation sites (tertiary alicyclic amines) is 1. The van der Waals surface area contributed by atoms with Crippen LogP contribution in [0.2, 0.25) is 0 Å². The minimum atomic E-state index is 0.620. The Hall–Kier alpha value is -0.940. The van der Waals surface area contributed by atoms with Crippen LogP contribution in [-0.2, 0) is 13.1 Å². The smallest absolute Gasteiger partial charge is 0.0967 e. The fourth-order valence-electron chi connectivity index (χ4n) is 3.87. The largest absolute Gasteiger partial charge is 0.329 e. The van der Waals surface area contributed by atoms with Crippen molar-refractivity contribution >= 4 is 0 Å². The second-order valence-corrected chi connectivity index (χ2v) is 6.60. The second kappa shape index (κ2) is 6.22. The minimum Gasteiger partial charge on any atom is -0.329 e. The third kappa shape index (κ3) is 3.20. The van der Waals surface area contributed by atoms with Crippen LogP contribution in [0.5, 0.6) is 0 Å². The predicted octanol–water partition coefficient (Wildman–Crippen LogP) is 1.78. The Morgan fingerprint density at radius 1 is 1.10 bits per heavy atom. The lowest BCUT2D eigenvalue weighted by atomic mass is 9.68.